The molecule has 0 saturated carbocycles. The Morgan fingerprint density at radius 2 is 0.895 bits per heavy atom. The zero-order valence-electron chi connectivity index (χ0n) is 20.0. The largest absolute Gasteiger partial charge is 0.289 e. The topological polar surface area (TPSA) is 120 Å². The van der Waals surface area contributed by atoms with Crippen molar-refractivity contribution in [1.82, 2.24) is 0 Å². The van der Waals surface area contributed by atoms with Gasteiger partial charge in [0.05, 0.1) is 9.85 Å². The Morgan fingerprint density at radius 3 is 1.24 bits per heavy atom. The summed E-state index contributed by atoms with van der Waals surface area (Å²) in [5.74, 6) is -0.514. The predicted molar refractivity (Wildman–Crippen MR) is 146 cm³/mol. The van der Waals surface area contributed by atoms with Gasteiger partial charge in [0.1, 0.15) is 0 Å². The molecule has 4 aromatic carbocycles. The van der Waals surface area contributed by atoms with Crippen LogP contribution in [0.1, 0.15) is 31.8 Å². The number of hydrogen-bond donors (Lipinski definition) is 0. The van der Waals surface area contributed by atoms with Crippen molar-refractivity contribution in [3.8, 4) is 0 Å². The van der Waals surface area contributed by atoms with Gasteiger partial charge in [-0.25, -0.2) is 0 Å². The first-order chi connectivity index (χ1) is 18.3. The third-order valence-corrected chi connectivity index (χ3v) is 5.14. The second-order valence-electron chi connectivity index (χ2n) is 7.83. The van der Waals surface area contributed by atoms with Crippen LogP contribution in [0.2, 0.25) is 0 Å². The lowest BCUT2D eigenvalue weighted by Gasteiger charge is -1.96. The molecule has 4 rings (SSSR count). The molecular weight excluding hydrogens is 484 g/mol. The van der Waals surface area contributed by atoms with Crippen LogP contribution in [0.4, 0.5) is 11.4 Å². The molecule has 0 fully saturated rings. The molecule has 0 aromatic heterocycles. The lowest BCUT2D eigenvalue weighted by molar-refractivity contribution is -0.385. The Kier molecular flexibility index (Phi) is 9.66. The van der Waals surface area contributed by atoms with Crippen LogP contribution in [-0.2, 0) is 0 Å². The second-order valence-corrected chi connectivity index (χ2v) is 7.83. The van der Waals surface area contributed by atoms with Crippen molar-refractivity contribution < 1.29 is 19.4 Å². The Balaban J connectivity index is 0.000000211. The number of rotatable bonds is 8. The lowest BCUT2D eigenvalue weighted by atomic mass is 10.1. The van der Waals surface area contributed by atoms with Crippen molar-refractivity contribution in [2.45, 2.75) is 0 Å². The van der Waals surface area contributed by atoms with Crippen LogP contribution in [0, 0.1) is 20.2 Å². The van der Waals surface area contributed by atoms with E-state index in [2.05, 4.69) is 0 Å². The second kappa shape index (κ2) is 13.6. The molecule has 8 heteroatoms. The molecule has 0 bridgehead atoms. The van der Waals surface area contributed by atoms with Crippen molar-refractivity contribution in [2.24, 2.45) is 0 Å². The van der Waals surface area contributed by atoms with Gasteiger partial charge in [-0.2, -0.15) is 0 Å². The first-order valence-electron chi connectivity index (χ1n) is 11.4. The van der Waals surface area contributed by atoms with Crippen molar-refractivity contribution in [3.05, 3.63) is 164 Å². The number of ketones is 2. The minimum Gasteiger partial charge on any atom is -0.289 e. The highest BCUT2D eigenvalue weighted by Crippen LogP contribution is 2.15. The van der Waals surface area contributed by atoms with E-state index in [0.29, 0.717) is 11.1 Å². The zero-order valence-corrected chi connectivity index (χ0v) is 20.0. The van der Waals surface area contributed by atoms with Crippen LogP contribution in [-0.4, -0.2) is 21.4 Å². The Labute approximate surface area is 218 Å². The first-order valence-corrected chi connectivity index (χ1v) is 11.4. The maximum atomic E-state index is 11.9. The number of nitro benzene ring substituents is 2. The van der Waals surface area contributed by atoms with Gasteiger partial charge >= 0.3 is 0 Å². The standard InChI is InChI=1S/2C15H11NO3/c2*17-15(10-9-12-5-2-1-3-6-12)13-7-4-8-14(11-13)16(18)19/h2*1-11H/b2*10-9+. The van der Waals surface area contributed by atoms with Gasteiger partial charge in [-0.3, -0.25) is 29.8 Å². The average molecular weight is 507 g/mol. The molecule has 4 aromatic rings. The lowest BCUT2D eigenvalue weighted by Crippen LogP contribution is -1.96. The number of hydrogen-bond acceptors (Lipinski definition) is 6. The summed E-state index contributed by atoms with van der Waals surface area (Å²) in [6.45, 7) is 0. The maximum absolute atomic E-state index is 11.9. The van der Waals surface area contributed by atoms with Crippen LogP contribution in [0.3, 0.4) is 0 Å². The maximum Gasteiger partial charge on any atom is 0.270 e. The van der Waals surface area contributed by atoms with Crippen LogP contribution in [0.25, 0.3) is 12.2 Å². The summed E-state index contributed by atoms with van der Waals surface area (Å²) in [5, 5.41) is 21.3. The molecule has 0 aliphatic heterocycles. The fourth-order valence-corrected chi connectivity index (χ4v) is 3.21. The number of carbonyl (C=O) groups excluding carboxylic acids is 2. The van der Waals surface area contributed by atoms with Gasteiger partial charge in [-0.1, -0.05) is 97.1 Å². The van der Waals surface area contributed by atoms with Gasteiger partial charge < -0.3 is 0 Å². The average Bonchev–Trinajstić information content (AvgIpc) is 2.96. The summed E-state index contributed by atoms with van der Waals surface area (Å²) in [4.78, 5) is 44.0. The predicted octanol–water partition coefficient (Wildman–Crippen LogP) is 6.98. The van der Waals surface area contributed by atoms with Gasteiger partial charge in [-0.05, 0) is 23.3 Å². The molecule has 0 atom stereocenters. The minimum absolute atomic E-state index is 0.0843. The molecule has 0 spiro atoms. The number of benzene rings is 4. The van der Waals surface area contributed by atoms with Crippen LogP contribution in [0.15, 0.2) is 121 Å². The number of carbonyl (C=O) groups is 2. The monoisotopic (exact) mass is 506 g/mol. The summed E-state index contributed by atoms with van der Waals surface area (Å²) in [7, 11) is 0. The number of nitro groups is 2. The van der Waals surface area contributed by atoms with E-state index in [-0.39, 0.29) is 22.9 Å². The van der Waals surface area contributed by atoms with Crippen molar-refractivity contribution in [2.75, 3.05) is 0 Å². The molecule has 0 aliphatic rings. The third-order valence-electron chi connectivity index (χ3n) is 5.14. The molecule has 0 saturated heterocycles. The third kappa shape index (κ3) is 8.31. The molecule has 188 valence electrons. The zero-order chi connectivity index (χ0) is 27.3. The van der Waals surface area contributed by atoms with E-state index in [9.17, 15) is 29.8 Å². The van der Waals surface area contributed by atoms with Crippen molar-refractivity contribution in [1.29, 1.82) is 0 Å². The molecule has 0 heterocycles. The van der Waals surface area contributed by atoms with Gasteiger partial charge in [0.15, 0.2) is 11.6 Å². The molecule has 0 aliphatic carbocycles. The summed E-state index contributed by atoms with van der Waals surface area (Å²) < 4.78 is 0. The highest BCUT2D eigenvalue weighted by atomic mass is 16.6. The normalized spacial score (nSPS) is 10.5. The van der Waals surface area contributed by atoms with Gasteiger partial charge in [0.2, 0.25) is 0 Å². The van der Waals surface area contributed by atoms with Gasteiger partial charge in [-0.15, -0.1) is 0 Å². The molecule has 0 radical (unpaired) electrons. The van der Waals surface area contributed by atoms with E-state index < -0.39 is 9.85 Å². The van der Waals surface area contributed by atoms with Gasteiger partial charge in [0, 0.05) is 35.4 Å². The highest BCUT2D eigenvalue weighted by Gasteiger charge is 2.10. The number of non-ortho nitro benzene ring substituents is 2. The van der Waals surface area contributed by atoms with E-state index in [1.807, 2.05) is 60.7 Å². The first kappa shape index (κ1) is 27.1. The SMILES string of the molecule is O=C(/C=C/c1ccccc1)c1cccc([N+](=O)[O-])c1.O=C(/C=C/c1ccccc1)c1cccc([N+](=O)[O-])c1. The van der Waals surface area contributed by atoms with Crippen molar-refractivity contribution >= 4 is 35.1 Å². The molecular formula is C30H22N2O6. The Bertz CT molecular complexity index is 1380. The fraction of sp³-hybridized carbons (Fsp3) is 0. The minimum atomic E-state index is -0.516. The van der Waals surface area contributed by atoms with E-state index in [1.165, 1.54) is 48.6 Å². The van der Waals surface area contributed by atoms with E-state index >= 15 is 0 Å². The Morgan fingerprint density at radius 1 is 0.526 bits per heavy atom. The number of allylic oxidation sites excluding steroid dienone is 2. The quantitative estimate of drug-likeness (QED) is 0.110. The smallest absolute Gasteiger partial charge is 0.270 e. The van der Waals surface area contributed by atoms with E-state index in [0.717, 1.165) is 11.1 Å². The summed E-state index contributed by atoms with van der Waals surface area (Å²) in [6, 6.07) is 30.1. The summed E-state index contributed by atoms with van der Waals surface area (Å²) in [6.07, 6.45) is 6.19. The van der Waals surface area contributed by atoms with Crippen LogP contribution in [0.5, 0.6) is 0 Å². The molecule has 8 nitrogen and oxygen atoms in total. The van der Waals surface area contributed by atoms with Crippen LogP contribution >= 0.6 is 0 Å². The van der Waals surface area contributed by atoms with Gasteiger partial charge in [0.25, 0.3) is 11.4 Å². The summed E-state index contributed by atoms with van der Waals surface area (Å²) in [5.41, 5.74) is 2.25. The van der Waals surface area contributed by atoms with Crippen LogP contribution < -0.4 is 0 Å². The van der Waals surface area contributed by atoms with E-state index in [1.54, 1.807) is 24.3 Å². The molecule has 0 unspecified atom stereocenters. The van der Waals surface area contributed by atoms with E-state index in [4.69, 9.17) is 0 Å². The molecule has 0 N–H and O–H groups in total. The fourth-order valence-electron chi connectivity index (χ4n) is 3.21. The highest BCUT2D eigenvalue weighted by molar-refractivity contribution is 6.07. The Hall–Kier alpha value is -5.50. The van der Waals surface area contributed by atoms with Crippen molar-refractivity contribution in [3.63, 3.8) is 0 Å². The molecule has 38 heavy (non-hydrogen) atoms. The molecule has 0 amide bonds. The summed E-state index contributed by atoms with van der Waals surface area (Å²) >= 11 is 0. The number of nitrogens with zero attached hydrogens (tertiary/aromatic N) is 2.